The third-order valence-electron chi connectivity index (χ3n) is 3.44. The average molecular weight is 383 g/mol. The standard InChI is InChI=1S/C16H21N2PSSe/c1-13-3-5-15(11-17-13)7-9-19(20,21)10-8-16-6-4-14(2)18-12-16/h3-6,11-12H,7-10H2,1-2H3,(H,20,21). The van der Waals surface area contributed by atoms with Crippen molar-refractivity contribution in [1.82, 2.24) is 9.97 Å². The van der Waals surface area contributed by atoms with Gasteiger partial charge in [-0.3, -0.25) is 0 Å². The second-order valence-corrected chi connectivity index (χ2v) is 16.5. The van der Waals surface area contributed by atoms with Gasteiger partial charge in [0.15, 0.2) is 0 Å². The van der Waals surface area contributed by atoms with Crippen LogP contribution < -0.4 is 0 Å². The molecule has 0 saturated carbocycles. The summed E-state index contributed by atoms with van der Waals surface area (Å²) in [6.07, 6.45) is 8.27. The Morgan fingerprint density at radius 1 is 0.905 bits per heavy atom. The molecule has 0 saturated heterocycles. The van der Waals surface area contributed by atoms with E-state index in [9.17, 15) is 0 Å². The molecule has 2 aromatic rings. The molecule has 21 heavy (non-hydrogen) atoms. The van der Waals surface area contributed by atoms with E-state index in [1.807, 2.05) is 26.2 Å². The fraction of sp³-hybridized carbons (Fsp3) is 0.375. The van der Waals surface area contributed by atoms with Crippen molar-refractivity contribution >= 4 is 32.1 Å². The predicted octanol–water partition coefficient (Wildman–Crippen LogP) is 3.82. The summed E-state index contributed by atoms with van der Waals surface area (Å²) in [5.41, 5.74) is 4.73. The van der Waals surface area contributed by atoms with Crippen molar-refractivity contribution in [2.75, 3.05) is 12.3 Å². The fourth-order valence-corrected chi connectivity index (χ4v) is 5.20. The van der Waals surface area contributed by atoms with E-state index in [-0.39, 0.29) is 0 Å². The normalized spacial score (nSPS) is 11.6. The SMILES string of the molecule is Cc1ccc(CCP(S)(=[Se])CCc2ccc(C)nc2)cn1. The van der Waals surface area contributed by atoms with Crippen LogP contribution in [-0.2, 0) is 12.8 Å². The van der Waals surface area contributed by atoms with Crippen molar-refractivity contribution in [3.8, 4) is 0 Å². The van der Waals surface area contributed by atoms with E-state index in [2.05, 4.69) is 49.3 Å². The average Bonchev–Trinajstić information content (AvgIpc) is 2.46. The molecule has 0 aromatic carbocycles. The number of hydrogen-bond donors (Lipinski definition) is 1. The van der Waals surface area contributed by atoms with Crippen LogP contribution >= 0.6 is 17.0 Å². The first-order valence-corrected chi connectivity index (χ1v) is 12.6. The number of thiol groups is 1. The molecule has 2 heterocycles. The second-order valence-electron chi connectivity index (χ2n) is 5.41. The Bertz CT molecular complexity index is 572. The molecule has 112 valence electrons. The number of nitrogens with zero attached hydrogens (tertiary/aromatic N) is 2. The van der Waals surface area contributed by atoms with E-state index in [0.717, 1.165) is 36.6 Å². The van der Waals surface area contributed by atoms with Crippen LogP contribution in [-0.4, -0.2) is 37.4 Å². The summed E-state index contributed by atoms with van der Waals surface area (Å²) in [5.74, 6) is 0. The summed E-state index contributed by atoms with van der Waals surface area (Å²) in [6.45, 7) is 4.03. The predicted molar refractivity (Wildman–Crippen MR) is 96.8 cm³/mol. The number of hydrogen-bond acceptors (Lipinski definition) is 3. The molecule has 0 aliphatic carbocycles. The van der Waals surface area contributed by atoms with Gasteiger partial charge in [-0.1, -0.05) is 0 Å². The molecule has 0 unspecified atom stereocenters. The minimum atomic E-state index is -1.28. The third-order valence-corrected chi connectivity index (χ3v) is 8.79. The van der Waals surface area contributed by atoms with Crippen LogP contribution in [0.5, 0.6) is 0 Å². The Morgan fingerprint density at radius 2 is 1.33 bits per heavy atom. The number of pyridine rings is 2. The second kappa shape index (κ2) is 7.74. The molecule has 0 amide bonds. The molecule has 0 aliphatic heterocycles. The van der Waals surface area contributed by atoms with Crippen LogP contribution in [0.2, 0.25) is 0 Å². The molecule has 5 heteroatoms. The van der Waals surface area contributed by atoms with E-state index >= 15 is 0 Å². The van der Waals surface area contributed by atoms with Gasteiger partial charge in [-0.25, -0.2) is 0 Å². The first kappa shape index (κ1) is 17.0. The maximum absolute atomic E-state index is 4.90. The number of aromatic nitrogens is 2. The van der Waals surface area contributed by atoms with Crippen molar-refractivity contribution in [2.45, 2.75) is 26.7 Å². The summed E-state index contributed by atoms with van der Waals surface area (Å²) in [7, 11) is 0. The van der Waals surface area contributed by atoms with Crippen LogP contribution in [0.25, 0.3) is 0 Å². The first-order chi connectivity index (χ1) is 9.94. The van der Waals surface area contributed by atoms with Gasteiger partial charge >= 0.3 is 140 Å². The zero-order valence-corrected chi connectivity index (χ0v) is 16.0. The monoisotopic (exact) mass is 384 g/mol. The number of aryl methyl sites for hydroxylation is 4. The van der Waals surface area contributed by atoms with Crippen molar-refractivity contribution in [3.63, 3.8) is 0 Å². The topological polar surface area (TPSA) is 25.8 Å². The first-order valence-electron chi connectivity index (χ1n) is 7.08. The zero-order chi connectivity index (χ0) is 15.3. The van der Waals surface area contributed by atoms with Crippen LogP contribution in [0.15, 0.2) is 36.7 Å². The summed E-state index contributed by atoms with van der Waals surface area (Å²) >= 11 is 8.25. The van der Waals surface area contributed by atoms with E-state index in [1.165, 1.54) is 11.1 Å². The van der Waals surface area contributed by atoms with Gasteiger partial charge in [-0.05, 0) is 0 Å². The van der Waals surface area contributed by atoms with Crippen molar-refractivity contribution in [1.29, 1.82) is 0 Å². The molecular weight excluding hydrogens is 362 g/mol. The van der Waals surface area contributed by atoms with Gasteiger partial charge in [0, 0.05) is 0 Å². The van der Waals surface area contributed by atoms with Gasteiger partial charge in [0.25, 0.3) is 0 Å². The third kappa shape index (κ3) is 6.08. The summed E-state index contributed by atoms with van der Waals surface area (Å²) < 4.78 is -1.28. The molecule has 0 atom stereocenters. The molecule has 2 aromatic heterocycles. The van der Waals surface area contributed by atoms with Crippen molar-refractivity contribution in [3.05, 3.63) is 59.2 Å². The summed E-state index contributed by atoms with van der Waals surface area (Å²) in [5, 5.41) is 0. The van der Waals surface area contributed by atoms with Crippen LogP contribution in [0, 0.1) is 13.8 Å². The molecule has 0 spiro atoms. The number of rotatable bonds is 6. The van der Waals surface area contributed by atoms with Crippen molar-refractivity contribution in [2.24, 2.45) is 0 Å². The zero-order valence-electron chi connectivity index (χ0n) is 12.5. The van der Waals surface area contributed by atoms with Gasteiger partial charge in [-0.15, -0.1) is 0 Å². The van der Waals surface area contributed by atoms with Gasteiger partial charge < -0.3 is 0 Å². The molecule has 2 rings (SSSR count). The minimum absolute atomic E-state index is 1.05. The molecule has 2 nitrogen and oxygen atoms in total. The molecule has 0 fully saturated rings. The molecule has 0 aliphatic rings. The fourth-order valence-electron chi connectivity index (χ4n) is 2.01. The molecule has 0 radical (unpaired) electrons. The maximum atomic E-state index is 4.90. The van der Waals surface area contributed by atoms with Gasteiger partial charge in [-0.2, -0.15) is 0 Å². The van der Waals surface area contributed by atoms with Crippen molar-refractivity contribution < 1.29 is 0 Å². The summed E-state index contributed by atoms with van der Waals surface area (Å²) in [4.78, 5) is 8.70. The Labute approximate surface area is 140 Å². The Morgan fingerprint density at radius 3 is 1.67 bits per heavy atom. The van der Waals surface area contributed by atoms with Gasteiger partial charge in [0.1, 0.15) is 0 Å². The Kier molecular flexibility index (Phi) is 6.25. The van der Waals surface area contributed by atoms with E-state index in [1.54, 1.807) is 0 Å². The van der Waals surface area contributed by atoms with Crippen LogP contribution in [0.4, 0.5) is 0 Å². The summed E-state index contributed by atoms with van der Waals surface area (Å²) in [6, 6.07) is 8.48. The molecular formula is C16H21N2PSSe. The quantitative estimate of drug-likeness (QED) is 0.466. The van der Waals surface area contributed by atoms with Crippen LogP contribution in [0.3, 0.4) is 0 Å². The Hall–Kier alpha value is -0.401. The van der Waals surface area contributed by atoms with Crippen LogP contribution in [0.1, 0.15) is 22.5 Å². The molecule has 0 bridgehead atoms. The molecule has 0 N–H and O–H groups in total. The van der Waals surface area contributed by atoms with E-state index in [4.69, 9.17) is 12.2 Å². The van der Waals surface area contributed by atoms with Gasteiger partial charge in [0.2, 0.25) is 0 Å². The Balaban J connectivity index is 1.85. The van der Waals surface area contributed by atoms with E-state index < -0.39 is 4.71 Å². The van der Waals surface area contributed by atoms with E-state index in [0.29, 0.717) is 0 Å². The van der Waals surface area contributed by atoms with Gasteiger partial charge in [0.05, 0.1) is 0 Å².